The Morgan fingerprint density at radius 3 is 2.79 bits per heavy atom. The van der Waals surface area contributed by atoms with E-state index >= 15 is 0 Å². The minimum absolute atomic E-state index is 0.00317. The fraction of sp³-hybridized carbons (Fsp3) is 0.550. The fourth-order valence-electron chi connectivity index (χ4n) is 4.24. The number of methoxy groups -OCH3 is 1. The summed E-state index contributed by atoms with van der Waals surface area (Å²) in [6.07, 6.45) is 0.624. The summed E-state index contributed by atoms with van der Waals surface area (Å²) in [6.45, 7) is 2.47. The molecule has 3 aliphatic heterocycles. The predicted molar refractivity (Wildman–Crippen MR) is 99.5 cm³/mol. The van der Waals surface area contributed by atoms with Crippen molar-refractivity contribution in [3.8, 4) is 5.75 Å². The molecule has 3 heterocycles. The number of piperidine rings is 1. The van der Waals surface area contributed by atoms with Crippen LogP contribution >= 0.6 is 0 Å². The van der Waals surface area contributed by atoms with Crippen LogP contribution in [-0.2, 0) is 20.9 Å². The van der Waals surface area contributed by atoms with Gasteiger partial charge >= 0.3 is 6.09 Å². The van der Waals surface area contributed by atoms with Gasteiger partial charge in [0.15, 0.2) is 0 Å². The fourth-order valence-corrected chi connectivity index (χ4v) is 4.24. The summed E-state index contributed by atoms with van der Waals surface area (Å²) in [5.74, 6) is 0.706. The van der Waals surface area contributed by atoms with Gasteiger partial charge in [-0.25, -0.2) is 4.79 Å². The Hall–Kier alpha value is -2.77. The number of ether oxygens (including phenoxy) is 2. The molecule has 0 saturated carbocycles. The first-order chi connectivity index (χ1) is 13.5. The average Bonchev–Trinajstić information content (AvgIpc) is 3.07. The lowest BCUT2D eigenvalue weighted by Gasteiger charge is -2.41. The molecule has 0 radical (unpaired) electrons. The van der Waals surface area contributed by atoms with Gasteiger partial charge in [0, 0.05) is 38.5 Å². The summed E-state index contributed by atoms with van der Waals surface area (Å²) in [4.78, 5) is 40.4. The molecule has 3 fully saturated rings. The van der Waals surface area contributed by atoms with Crippen molar-refractivity contribution in [2.75, 3.05) is 33.4 Å². The number of nitrogens with zero attached hydrogens (tertiary/aromatic N) is 2. The van der Waals surface area contributed by atoms with Gasteiger partial charge in [0.05, 0.1) is 25.7 Å². The number of hydrogen-bond acceptors (Lipinski definition) is 5. The van der Waals surface area contributed by atoms with Crippen molar-refractivity contribution in [1.82, 2.24) is 15.1 Å². The second-order valence-electron chi connectivity index (χ2n) is 7.71. The van der Waals surface area contributed by atoms with Gasteiger partial charge in [-0.1, -0.05) is 12.1 Å². The Labute approximate surface area is 163 Å². The van der Waals surface area contributed by atoms with Crippen LogP contribution in [0.2, 0.25) is 0 Å². The van der Waals surface area contributed by atoms with Crippen molar-refractivity contribution in [3.05, 3.63) is 29.8 Å². The van der Waals surface area contributed by atoms with Crippen molar-refractivity contribution < 1.29 is 23.9 Å². The molecule has 28 heavy (non-hydrogen) atoms. The molecular weight excluding hydrogens is 362 g/mol. The smallest absolute Gasteiger partial charge is 0.407 e. The molecule has 1 aromatic carbocycles. The van der Waals surface area contributed by atoms with Gasteiger partial charge in [-0.05, 0) is 24.1 Å². The Bertz CT molecular complexity index is 766. The summed E-state index contributed by atoms with van der Waals surface area (Å²) < 4.78 is 10.2. The van der Waals surface area contributed by atoms with Crippen molar-refractivity contribution in [2.24, 2.45) is 11.8 Å². The van der Waals surface area contributed by atoms with Crippen LogP contribution in [0.15, 0.2) is 24.3 Å². The summed E-state index contributed by atoms with van der Waals surface area (Å²) >= 11 is 0. The molecule has 4 rings (SSSR count). The van der Waals surface area contributed by atoms with E-state index in [-0.39, 0.29) is 36.1 Å². The zero-order valence-electron chi connectivity index (χ0n) is 15.9. The number of hydrogen-bond donors (Lipinski definition) is 1. The summed E-state index contributed by atoms with van der Waals surface area (Å²) in [5.41, 5.74) is 1.01. The van der Waals surface area contributed by atoms with Gasteiger partial charge in [0.25, 0.3) is 0 Å². The first kappa shape index (κ1) is 18.6. The van der Waals surface area contributed by atoms with E-state index in [1.807, 2.05) is 24.3 Å². The number of carbonyl (C=O) groups is 3. The highest BCUT2D eigenvalue weighted by Gasteiger charge is 2.41. The highest BCUT2D eigenvalue weighted by atomic mass is 16.6. The van der Waals surface area contributed by atoms with Crippen LogP contribution < -0.4 is 10.1 Å². The number of benzene rings is 1. The van der Waals surface area contributed by atoms with Gasteiger partial charge < -0.3 is 24.6 Å². The third kappa shape index (κ3) is 3.76. The molecule has 1 aromatic rings. The summed E-state index contributed by atoms with van der Waals surface area (Å²) in [7, 11) is 1.61. The van der Waals surface area contributed by atoms with Gasteiger partial charge in [0.2, 0.25) is 11.8 Å². The molecule has 0 spiro atoms. The number of cyclic esters (lactones) is 1. The van der Waals surface area contributed by atoms with Gasteiger partial charge in [0.1, 0.15) is 5.75 Å². The number of alkyl carbamates (subject to hydrolysis) is 1. The lowest BCUT2D eigenvalue weighted by atomic mass is 9.90. The standard InChI is InChI=1S/C20H25N3O5/c1-27-16-4-2-13(3-5-16)9-23-10-15(8-18(23)24)19(25)22-7-6-14-12-28-20(26)21-17(14)11-22/h2-5,14-15,17H,6-12H2,1H3,(H,21,26)/t14-,15-,17+/m1/s1. The van der Waals surface area contributed by atoms with E-state index in [1.54, 1.807) is 16.9 Å². The van der Waals surface area contributed by atoms with Crippen LogP contribution in [0.5, 0.6) is 5.75 Å². The molecule has 0 unspecified atom stereocenters. The third-order valence-electron chi connectivity index (χ3n) is 5.90. The van der Waals surface area contributed by atoms with Gasteiger partial charge in [-0.15, -0.1) is 0 Å². The number of carbonyl (C=O) groups excluding carboxylic acids is 3. The first-order valence-corrected chi connectivity index (χ1v) is 9.66. The molecule has 3 saturated heterocycles. The molecule has 0 aliphatic carbocycles. The van der Waals surface area contributed by atoms with Crippen molar-refractivity contribution in [3.63, 3.8) is 0 Å². The number of fused-ring (bicyclic) bond motifs is 1. The van der Waals surface area contributed by atoms with Crippen molar-refractivity contribution >= 4 is 17.9 Å². The van der Waals surface area contributed by atoms with Crippen LogP contribution in [0.1, 0.15) is 18.4 Å². The van der Waals surface area contributed by atoms with E-state index in [4.69, 9.17) is 9.47 Å². The van der Waals surface area contributed by atoms with E-state index in [1.165, 1.54) is 0 Å². The molecule has 3 aliphatic rings. The number of amides is 3. The third-order valence-corrected chi connectivity index (χ3v) is 5.90. The predicted octanol–water partition coefficient (Wildman–Crippen LogP) is 1.00. The van der Waals surface area contributed by atoms with E-state index in [0.29, 0.717) is 32.8 Å². The monoisotopic (exact) mass is 387 g/mol. The van der Waals surface area contributed by atoms with Gasteiger partial charge in [-0.3, -0.25) is 9.59 Å². The zero-order chi connectivity index (χ0) is 19.7. The largest absolute Gasteiger partial charge is 0.497 e. The minimum Gasteiger partial charge on any atom is -0.497 e. The quantitative estimate of drug-likeness (QED) is 0.833. The summed E-state index contributed by atoms with van der Waals surface area (Å²) in [6, 6.07) is 7.53. The molecule has 3 atom stereocenters. The molecule has 0 aromatic heterocycles. The van der Waals surface area contributed by atoms with E-state index in [9.17, 15) is 14.4 Å². The molecule has 8 heteroatoms. The van der Waals surface area contributed by atoms with Crippen LogP contribution in [0.25, 0.3) is 0 Å². The van der Waals surface area contributed by atoms with E-state index in [2.05, 4.69) is 5.32 Å². The Balaban J connectivity index is 1.35. The second-order valence-corrected chi connectivity index (χ2v) is 7.71. The Morgan fingerprint density at radius 2 is 2.04 bits per heavy atom. The van der Waals surface area contributed by atoms with Crippen molar-refractivity contribution in [1.29, 1.82) is 0 Å². The molecule has 150 valence electrons. The topological polar surface area (TPSA) is 88.2 Å². The second kappa shape index (κ2) is 7.69. The molecule has 3 amide bonds. The Kier molecular flexibility index (Phi) is 5.11. The normalized spacial score (nSPS) is 27.1. The molecular formula is C20H25N3O5. The molecule has 8 nitrogen and oxygen atoms in total. The van der Waals surface area contributed by atoms with Crippen molar-refractivity contribution in [2.45, 2.75) is 25.4 Å². The number of likely N-dealkylation sites (tertiary alicyclic amines) is 2. The highest BCUT2D eigenvalue weighted by molar-refractivity contribution is 5.89. The number of rotatable bonds is 4. The van der Waals surface area contributed by atoms with Crippen LogP contribution in [0.3, 0.4) is 0 Å². The maximum absolute atomic E-state index is 13.0. The maximum atomic E-state index is 13.0. The highest BCUT2D eigenvalue weighted by Crippen LogP contribution is 2.27. The van der Waals surface area contributed by atoms with Gasteiger partial charge in [-0.2, -0.15) is 0 Å². The minimum atomic E-state index is -0.419. The first-order valence-electron chi connectivity index (χ1n) is 9.66. The van der Waals surface area contributed by atoms with Crippen LogP contribution in [0, 0.1) is 11.8 Å². The molecule has 1 N–H and O–H groups in total. The SMILES string of the molecule is COc1ccc(CN2C[C@H](C(=O)N3CC[C@@H]4COC(=O)N[C@H]4C3)CC2=O)cc1. The zero-order valence-corrected chi connectivity index (χ0v) is 15.9. The average molecular weight is 387 g/mol. The number of nitrogens with one attached hydrogen (secondary N) is 1. The summed E-state index contributed by atoms with van der Waals surface area (Å²) in [5, 5.41) is 2.81. The molecule has 0 bridgehead atoms. The Morgan fingerprint density at radius 1 is 1.25 bits per heavy atom. The van der Waals surface area contributed by atoms with E-state index in [0.717, 1.165) is 17.7 Å². The van der Waals surface area contributed by atoms with E-state index < -0.39 is 6.09 Å². The lowest BCUT2D eigenvalue weighted by Crippen LogP contribution is -2.59. The van der Waals surface area contributed by atoms with Crippen LogP contribution in [0.4, 0.5) is 4.79 Å². The van der Waals surface area contributed by atoms with Crippen LogP contribution in [-0.4, -0.2) is 67.1 Å². The lowest BCUT2D eigenvalue weighted by molar-refractivity contribution is -0.138. The maximum Gasteiger partial charge on any atom is 0.407 e.